The molecule has 4 aliphatic rings. The van der Waals surface area contributed by atoms with Crippen molar-refractivity contribution in [2.45, 2.75) is 83.6 Å². The number of aliphatic hydroxyl groups is 1. The number of cyclic esters (lactones) is 1. The van der Waals surface area contributed by atoms with Crippen molar-refractivity contribution < 1.29 is 57.2 Å². The summed E-state index contributed by atoms with van der Waals surface area (Å²) in [6, 6.07) is 7.77. The highest BCUT2D eigenvalue weighted by Crippen LogP contribution is 2.53. The smallest absolute Gasteiger partial charge is 0.458 e. The summed E-state index contributed by atoms with van der Waals surface area (Å²) in [6.45, 7) is 7.65. The zero-order valence-corrected chi connectivity index (χ0v) is 30.6. The summed E-state index contributed by atoms with van der Waals surface area (Å²) < 4.78 is 34.9. The number of aromatic nitrogens is 2. The first-order valence-electron chi connectivity index (χ1n) is 17.2. The predicted octanol–water partition coefficient (Wildman–Crippen LogP) is 3.28. The molecule has 0 aliphatic carbocycles. The van der Waals surface area contributed by atoms with Gasteiger partial charge in [0.1, 0.15) is 12.4 Å². The second kappa shape index (κ2) is 14.7. The van der Waals surface area contributed by atoms with Crippen LogP contribution in [0.5, 0.6) is 5.75 Å². The fourth-order valence-corrected chi connectivity index (χ4v) is 8.72. The van der Waals surface area contributed by atoms with Gasteiger partial charge in [0.2, 0.25) is 0 Å². The second-order valence-electron chi connectivity index (χ2n) is 13.3. The van der Waals surface area contributed by atoms with Crippen LogP contribution >= 0.6 is 15.6 Å². The Kier molecular flexibility index (Phi) is 10.8. The molecule has 0 saturated carbocycles. The van der Waals surface area contributed by atoms with Crippen molar-refractivity contribution in [1.29, 1.82) is 0 Å². The third-order valence-electron chi connectivity index (χ3n) is 10.2. The number of fused-ring (bicyclic) bond motifs is 5. The van der Waals surface area contributed by atoms with Crippen LogP contribution in [0.15, 0.2) is 29.1 Å². The van der Waals surface area contributed by atoms with E-state index >= 15 is 0 Å². The molecule has 0 radical (unpaired) electrons. The van der Waals surface area contributed by atoms with Crippen LogP contribution in [0.2, 0.25) is 0 Å². The van der Waals surface area contributed by atoms with Gasteiger partial charge in [0, 0.05) is 35.6 Å². The van der Waals surface area contributed by atoms with Gasteiger partial charge in [-0.15, -0.1) is 0 Å². The highest BCUT2D eigenvalue weighted by atomic mass is 31.3. The molecule has 6 heterocycles. The Morgan fingerprint density at radius 1 is 0.981 bits per heavy atom. The lowest BCUT2D eigenvalue weighted by atomic mass is 9.86. The number of esters is 1. The molecule has 2 aromatic heterocycles. The van der Waals surface area contributed by atoms with Gasteiger partial charge in [-0.1, -0.05) is 20.3 Å². The summed E-state index contributed by atoms with van der Waals surface area (Å²) in [6.07, 6.45) is 6.26. The molecule has 0 bridgehead atoms. The molecule has 1 atom stereocenters. The first-order chi connectivity index (χ1) is 24.5. The van der Waals surface area contributed by atoms with E-state index in [9.17, 15) is 28.6 Å². The van der Waals surface area contributed by atoms with Crippen molar-refractivity contribution >= 4 is 38.6 Å². The first kappa shape index (κ1) is 38.2. The van der Waals surface area contributed by atoms with Crippen LogP contribution in [0.4, 0.5) is 4.79 Å². The van der Waals surface area contributed by atoms with Crippen molar-refractivity contribution in [3.05, 3.63) is 56.9 Å². The molecular weight excluding hydrogens is 722 g/mol. The number of hydrogen-bond donors (Lipinski definition) is 5. The first-order valence-corrected chi connectivity index (χ1v) is 20.2. The van der Waals surface area contributed by atoms with E-state index in [-0.39, 0.29) is 24.7 Å². The maximum Gasteiger partial charge on any atom is 0.478 e. The highest BCUT2D eigenvalue weighted by Gasteiger charge is 2.45. The molecule has 2 fully saturated rings. The number of pyridine rings is 2. The molecule has 0 spiro atoms. The number of rotatable bonds is 6. The topological polar surface area (TPSA) is 238 Å². The summed E-state index contributed by atoms with van der Waals surface area (Å²) in [7, 11) is -10.1. The Morgan fingerprint density at radius 2 is 1.65 bits per heavy atom. The second-order valence-corrected chi connectivity index (χ2v) is 15.9. The van der Waals surface area contributed by atoms with Gasteiger partial charge in [-0.2, -0.15) is 4.31 Å². The van der Waals surface area contributed by atoms with Crippen LogP contribution in [0, 0.1) is 0 Å². The third-order valence-corrected chi connectivity index (χ3v) is 11.9. The van der Waals surface area contributed by atoms with Gasteiger partial charge in [0.25, 0.3) is 5.56 Å². The normalized spacial score (nSPS) is 20.8. The number of phosphoric acid groups is 2. The predicted molar refractivity (Wildman–Crippen MR) is 185 cm³/mol. The van der Waals surface area contributed by atoms with Crippen LogP contribution in [0.3, 0.4) is 0 Å². The molecule has 0 unspecified atom stereocenters. The Morgan fingerprint density at radius 3 is 2.25 bits per heavy atom. The molecule has 2 saturated heterocycles. The van der Waals surface area contributed by atoms with Gasteiger partial charge in [0.15, 0.2) is 5.60 Å². The standard InChI is InChI=1S/C33H38N4O6.H4O7P2/c1-3-22-23-16-21(43-32(40)36-14-10-20(11-15-36)35-12-6-5-7-13-35)8-9-27(23)34-29-24(22)18-37-28(29)17-26-25(30(37)38)19-42-31(39)33(26,41)4-2;1-8(2,3)7-9(4,5)6/h8-9,16-17,20,41H,3-7,10-15,18-19H2,1-2H3;(H2,1,2,3)(H2,4,5,6)/t33-;/m0./s1. The van der Waals surface area contributed by atoms with E-state index in [0.717, 1.165) is 34.9 Å². The fourth-order valence-electron chi connectivity index (χ4n) is 7.61. The van der Waals surface area contributed by atoms with Crippen molar-refractivity contribution in [2.24, 2.45) is 0 Å². The fraction of sp³-hybridized carbons (Fsp3) is 0.515. The van der Waals surface area contributed by atoms with Crippen molar-refractivity contribution in [1.82, 2.24) is 19.4 Å². The van der Waals surface area contributed by atoms with E-state index in [2.05, 4.69) is 16.1 Å². The van der Waals surface area contributed by atoms with Gasteiger partial charge < -0.3 is 48.5 Å². The largest absolute Gasteiger partial charge is 0.478 e. The lowest BCUT2D eigenvalue weighted by Crippen LogP contribution is -2.48. The van der Waals surface area contributed by atoms with Gasteiger partial charge in [0.05, 0.1) is 29.0 Å². The number of amides is 1. The average molecular weight is 765 g/mol. The molecule has 1 aromatic carbocycles. The minimum absolute atomic E-state index is 0.0951. The van der Waals surface area contributed by atoms with E-state index in [0.29, 0.717) is 60.4 Å². The summed E-state index contributed by atoms with van der Waals surface area (Å²) in [5.41, 5.74) is 2.38. The Labute approximate surface area is 298 Å². The Balaban J connectivity index is 0.000000458. The number of benzene rings is 1. The number of piperidine rings is 2. The lowest BCUT2D eigenvalue weighted by Gasteiger charge is -2.39. The van der Waals surface area contributed by atoms with Gasteiger partial charge in [-0.05, 0) is 81.4 Å². The van der Waals surface area contributed by atoms with Gasteiger partial charge in [-0.25, -0.2) is 23.7 Å². The quantitative estimate of drug-likeness (QED) is 0.140. The summed E-state index contributed by atoms with van der Waals surface area (Å²) in [5.74, 6) is -0.266. The monoisotopic (exact) mass is 764 g/mol. The minimum Gasteiger partial charge on any atom is -0.458 e. The summed E-state index contributed by atoms with van der Waals surface area (Å²) in [5, 5.41) is 12.0. The highest BCUT2D eigenvalue weighted by molar-refractivity contribution is 7.60. The van der Waals surface area contributed by atoms with E-state index < -0.39 is 27.2 Å². The van der Waals surface area contributed by atoms with Crippen molar-refractivity contribution in [2.75, 3.05) is 26.2 Å². The molecule has 282 valence electrons. The van der Waals surface area contributed by atoms with Gasteiger partial charge in [-0.3, -0.25) is 4.79 Å². The molecule has 3 aromatic rings. The molecule has 7 rings (SSSR count). The van der Waals surface area contributed by atoms with Crippen molar-refractivity contribution in [3.8, 4) is 17.1 Å². The molecule has 17 nitrogen and oxygen atoms in total. The number of hydrogen-bond acceptors (Lipinski definition) is 11. The maximum absolute atomic E-state index is 13.6. The number of likely N-dealkylation sites (tertiary alicyclic amines) is 2. The van der Waals surface area contributed by atoms with Crippen LogP contribution in [-0.2, 0) is 48.1 Å². The number of carbonyl (C=O) groups excluding carboxylic acids is 2. The Hall–Kier alpha value is -3.50. The minimum atomic E-state index is -5.05. The van der Waals surface area contributed by atoms with E-state index in [1.807, 2.05) is 17.0 Å². The summed E-state index contributed by atoms with van der Waals surface area (Å²) in [4.78, 5) is 79.5. The lowest BCUT2D eigenvalue weighted by molar-refractivity contribution is -0.172. The Bertz CT molecular complexity index is 2030. The zero-order valence-electron chi connectivity index (χ0n) is 28.8. The van der Waals surface area contributed by atoms with E-state index in [1.165, 1.54) is 32.4 Å². The number of aryl methyl sites for hydroxylation is 1. The number of nitrogens with zero attached hydrogens (tertiary/aromatic N) is 4. The van der Waals surface area contributed by atoms with Crippen LogP contribution < -0.4 is 10.3 Å². The van der Waals surface area contributed by atoms with Crippen LogP contribution in [-0.4, -0.2) is 88.3 Å². The van der Waals surface area contributed by atoms with E-state index in [4.69, 9.17) is 34.0 Å². The van der Waals surface area contributed by atoms with Crippen LogP contribution in [0.25, 0.3) is 22.3 Å². The average Bonchev–Trinajstić information content (AvgIpc) is 3.46. The number of ether oxygens (including phenoxy) is 2. The molecule has 1 amide bonds. The molecule has 4 aliphatic heterocycles. The maximum atomic E-state index is 13.6. The number of carbonyl (C=O) groups is 2. The third kappa shape index (κ3) is 7.74. The van der Waals surface area contributed by atoms with E-state index in [1.54, 1.807) is 23.6 Å². The summed E-state index contributed by atoms with van der Waals surface area (Å²) >= 11 is 0. The van der Waals surface area contributed by atoms with Crippen LogP contribution in [0.1, 0.15) is 74.6 Å². The van der Waals surface area contributed by atoms with Crippen molar-refractivity contribution in [3.63, 3.8) is 0 Å². The zero-order chi connectivity index (χ0) is 37.6. The molecular formula is C33H42N4O13P2. The van der Waals surface area contributed by atoms with Gasteiger partial charge >= 0.3 is 27.7 Å². The molecule has 5 N–H and O–H groups in total. The SMILES string of the molecule is CCc1c2c(nc3ccc(OC(=O)N4CCC(N5CCCCC5)CC4)cc13)-c1cc3c(c(=O)n1C2)COC(=O)[C@]3(O)CC.O=P(O)(O)OP(=O)(O)O. The molecule has 52 heavy (non-hydrogen) atoms. The molecule has 19 heteroatoms.